The molecule has 0 radical (unpaired) electrons. The second-order valence-electron chi connectivity index (χ2n) is 7.11. The van der Waals surface area contributed by atoms with Crippen molar-refractivity contribution in [2.24, 2.45) is 11.8 Å². The number of carbonyl (C=O) groups excluding carboxylic acids is 1. The van der Waals surface area contributed by atoms with E-state index in [0.29, 0.717) is 6.42 Å². The monoisotopic (exact) mass is 334 g/mol. The zero-order valence-corrected chi connectivity index (χ0v) is 13.8. The van der Waals surface area contributed by atoms with Crippen LogP contribution in [0.2, 0.25) is 0 Å². The molecule has 1 N–H and O–H groups in total. The highest BCUT2D eigenvalue weighted by Gasteiger charge is 2.55. The number of aliphatic hydroxyl groups excluding tert-OH is 1. The molecule has 2 aliphatic carbocycles. The first-order valence-corrected chi connectivity index (χ1v) is 8.56. The number of ketones is 1. The van der Waals surface area contributed by atoms with Crippen LogP contribution < -0.4 is 9.47 Å². The van der Waals surface area contributed by atoms with E-state index in [-0.39, 0.29) is 11.7 Å². The summed E-state index contributed by atoms with van der Waals surface area (Å²) in [6, 6.07) is 11.8. The van der Waals surface area contributed by atoms with Gasteiger partial charge in [-0.3, -0.25) is 4.79 Å². The maximum atomic E-state index is 12.4. The van der Waals surface area contributed by atoms with Gasteiger partial charge in [-0.2, -0.15) is 0 Å². The molecule has 126 valence electrons. The SMILES string of the molecule is CC1=C[C@H](O)[C@@H]2C(=O)C=CC3(Oc4cccc5cccc(c45)O3)[C@@H]2C1. The van der Waals surface area contributed by atoms with Crippen LogP contribution in [-0.4, -0.2) is 22.8 Å². The van der Waals surface area contributed by atoms with Gasteiger partial charge in [0.1, 0.15) is 11.5 Å². The lowest BCUT2D eigenvalue weighted by molar-refractivity contribution is -0.162. The van der Waals surface area contributed by atoms with Crippen molar-refractivity contribution in [1.29, 1.82) is 0 Å². The predicted molar refractivity (Wildman–Crippen MR) is 93.4 cm³/mol. The van der Waals surface area contributed by atoms with Crippen molar-refractivity contribution in [3.8, 4) is 11.5 Å². The van der Waals surface area contributed by atoms with Crippen molar-refractivity contribution in [2.75, 3.05) is 0 Å². The Morgan fingerprint density at radius 1 is 1.12 bits per heavy atom. The predicted octanol–water partition coefficient (Wildman–Crippen LogP) is 3.39. The molecule has 0 bridgehead atoms. The molecule has 2 aromatic carbocycles. The van der Waals surface area contributed by atoms with Gasteiger partial charge < -0.3 is 14.6 Å². The van der Waals surface area contributed by atoms with Crippen molar-refractivity contribution in [3.05, 3.63) is 60.2 Å². The van der Waals surface area contributed by atoms with Crippen LogP contribution in [0.15, 0.2) is 60.2 Å². The number of allylic oxidation sites excluding steroid dienone is 2. The van der Waals surface area contributed by atoms with Gasteiger partial charge in [0.15, 0.2) is 5.78 Å². The molecule has 4 nitrogen and oxygen atoms in total. The number of fused-ring (bicyclic) bond motifs is 2. The maximum Gasteiger partial charge on any atom is 0.275 e. The lowest BCUT2D eigenvalue weighted by Gasteiger charge is -2.48. The minimum Gasteiger partial charge on any atom is -0.448 e. The summed E-state index contributed by atoms with van der Waals surface area (Å²) in [5, 5.41) is 12.5. The molecule has 1 heterocycles. The fourth-order valence-corrected chi connectivity index (χ4v) is 4.39. The average Bonchev–Trinajstić information content (AvgIpc) is 2.59. The van der Waals surface area contributed by atoms with Crippen LogP contribution in [0.5, 0.6) is 11.5 Å². The number of benzene rings is 2. The molecule has 4 heteroatoms. The Morgan fingerprint density at radius 3 is 2.48 bits per heavy atom. The van der Waals surface area contributed by atoms with Crippen molar-refractivity contribution in [2.45, 2.75) is 25.2 Å². The van der Waals surface area contributed by atoms with E-state index >= 15 is 0 Å². The number of aliphatic hydroxyl groups is 1. The van der Waals surface area contributed by atoms with Crippen molar-refractivity contribution in [1.82, 2.24) is 0 Å². The summed E-state index contributed by atoms with van der Waals surface area (Å²) in [5.74, 6) is -0.460. The van der Waals surface area contributed by atoms with E-state index in [9.17, 15) is 9.90 Å². The van der Waals surface area contributed by atoms with Gasteiger partial charge in [0, 0.05) is 6.08 Å². The van der Waals surface area contributed by atoms with Gasteiger partial charge in [-0.1, -0.05) is 35.9 Å². The lowest BCUT2D eigenvalue weighted by Crippen LogP contribution is -2.58. The Morgan fingerprint density at radius 2 is 1.80 bits per heavy atom. The van der Waals surface area contributed by atoms with Crippen molar-refractivity contribution in [3.63, 3.8) is 0 Å². The number of hydrogen-bond donors (Lipinski definition) is 1. The van der Waals surface area contributed by atoms with Crippen LogP contribution in [0.25, 0.3) is 10.8 Å². The summed E-state index contributed by atoms with van der Waals surface area (Å²) in [7, 11) is 0. The third-order valence-electron chi connectivity index (χ3n) is 5.49. The second-order valence-corrected chi connectivity index (χ2v) is 7.11. The minimum absolute atomic E-state index is 0.0730. The summed E-state index contributed by atoms with van der Waals surface area (Å²) in [4.78, 5) is 12.4. The molecule has 2 aromatic rings. The molecule has 0 saturated heterocycles. The summed E-state index contributed by atoms with van der Waals surface area (Å²) in [6.07, 6.45) is 4.82. The van der Waals surface area contributed by atoms with Crippen LogP contribution in [-0.2, 0) is 4.79 Å². The largest absolute Gasteiger partial charge is 0.448 e. The number of rotatable bonds is 0. The van der Waals surface area contributed by atoms with Gasteiger partial charge in [-0.05, 0) is 36.9 Å². The first-order chi connectivity index (χ1) is 12.1. The Labute approximate surface area is 145 Å². The molecule has 0 saturated carbocycles. The maximum absolute atomic E-state index is 12.4. The standard InChI is InChI=1S/C21H18O4/c1-12-10-14-20(16(23)11-12)15(22)8-9-21(14)24-17-6-2-4-13-5-3-7-18(25-21)19(13)17/h2-9,11,14,16,20,23H,10H2,1H3/t14-,16+,20+/m1/s1. The molecule has 0 fully saturated rings. The molecule has 0 unspecified atom stereocenters. The Bertz CT molecular complexity index is 915. The van der Waals surface area contributed by atoms with E-state index in [1.165, 1.54) is 6.08 Å². The van der Waals surface area contributed by atoms with E-state index in [0.717, 1.165) is 27.8 Å². The molecule has 5 rings (SSSR count). The van der Waals surface area contributed by atoms with E-state index < -0.39 is 17.8 Å². The Kier molecular flexibility index (Phi) is 2.92. The molecule has 3 atom stereocenters. The summed E-state index contributed by atoms with van der Waals surface area (Å²) >= 11 is 0. The molecule has 1 aliphatic heterocycles. The Balaban J connectivity index is 1.68. The summed E-state index contributed by atoms with van der Waals surface area (Å²) in [5.41, 5.74) is 1.04. The van der Waals surface area contributed by atoms with E-state index in [1.54, 1.807) is 12.2 Å². The van der Waals surface area contributed by atoms with Gasteiger partial charge in [-0.25, -0.2) is 0 Å². The quantitative estimate of drug-likeness (QED) is 0.750. The van der Waals surface area contributed by atoms with E-state index in [1.807, 2.05) is 43.3 Å². The minimum atomic E-state index is -1.07. The van der Waals surface area contributed by atoms with Gasteiger partial charge in [0.05, 0.1) is 23.3 Å². The highest BCUT2D eigenvalue weighted by Crippen LogP contribution is 2.50. The lowest BCUT2D eigenvalue weighted by atomic mass is 9.68. The average molecular weight is 334 g/mol. The zero-order valence-electron chi connectivity index (χ0n) is 13.8. The molecule has 25 heavy (non-hydrogen) atoms. The van der Waals surface area contributed by atoms with Crippen LogP contribution >= 0.6 is 0 Å². The first-order valence-electron chi connectivity index (χ1n) is 8.56. The summed E-state index contributed by atoms with van der Waals surface area (Å²) < 4.78 is 12.7. The fraction of sp³-hybridized carbons (Fsp3) is 0.286. The van der Waals surface area contributed by atoms with Crippen LogP contribution in [0, 0.1) is 11.8 Å². The van der Waals surface area contributed by atoms with E-state index in [2.05, 4.69) is 0 Å². The zero-order chi connectivity index (χ0) is 17.2. The molecular formula is C21H18O4. The number of hydrogen-bond acceptors (Lipinski definition) is 4. The normalized spacial score (nSPS) is 29.0. The van der Waals surface area contributed by atoms with Crippen molar-refractivity contribution >= 4 is 16.6 Å². The first kappa shape index (κ1) is 14.7. The summed E-state index contributed by atoms with van der Waals surface area (Å²) in [6.45, 7) is 1.97. The van der Waals surface area contributed by atoms with Gasteiger partial charge >= 0.3 is 0 Å². The van der Waals surface area contributed by atoms with Crippen LogP contribution in [0.4, 0.5) is 0 Å². The van der Waals surface area contributed by atoms with Gasteiger partial charge in [0.25, 0.3) is 5.79 Å². The third-order valence-corrected chi connectivity index (χ3v) is 5.49. The number of ether oxygens (including phenoxy) is 2. The molecule has 1 spiro atoms. The molecule has 0 aromatic heterocycles. The second kappa shape index (κ2) is 4.96. The molecule has 0 amide bonds. The topological polar surface area (TPSA) is 55.8 Å². The van der Waals surface area contributed by atoms with Crippen molar-refractivity contribution < 1.29 is 19.4 Å². The van der Waals surface area contributed by atoms with Crippen LogP contribution in [0.1, 0.15) is 13.3 Å². The molecular weight excluding hydrogens is 316 g/mol. The van der Waals surface area contributed by atoms with Gasteiger partial charge in [-0.15, -0.1) is 0 Å². The third kappa shape index (κ3) is 2.01. The highest BCUT2D eigenvalue weighted by atomic mass is 16.7. The highest BCUT2D eigenvalue weighted by molar-refractivity contribution is 5.96. The Hall–Kier alpha value is -2.59. The van der Waals surface area contributed by atoms with E-state index in [4.69, 9.17) is 9.47 Å². The fourth-order valence-electron chi connectivity index (χ4n) is 4.39. The van der Waals surface area contributed by atoms with Crippen LogP contribution in [0.3, 0.4) is 0 Å². The number of carbonyl (C=O) groups is 1. The molecule has 3 aliphatic rings. The smallest absolute Gasteiger partial charge is 0.275 e. The van der Waals surface area contributed by atoms with Gasteiger partial charge in [0.2, 0.25) is 0 Å².